The molecule has 0 aliphatic heterocycles. The van der Waals surface area contributed by atoms with Crippen molar-refractivity contribution < 1.29 is 0 Å². The smallest absolute Gasteiger partial charge is 0.0666 e. The Morgan fingerprint density at radius 2 is 2.07 bits per heavy atom. The van der Waals surface area contributed by atoms with Gasteiger partial charge in [0.25, 0.3) is 0 Å². The number of benzene rings is 1. The standard InChI is InChI=1S/C13H18N2/c1-12(10-14)11-15-9-5-8-13-6-3-2-4-7-13/h2-4,6-7,12,15H,5,8-9,11H2,1H3. The maximum absolute atomic E-state index is 8.58. The molecule has 2 heteroatoms. The fraction of sp³-hybridized carbons (Fsp3) is 0.462. The molecule has 0 bridgehead atoms. The van der Waals surface area contributed by atoms with Gasteiger partial charge in [0.05, 0.1) is 12.0 Å². The first-order valence-electron chi connectivity index (χ1n) is 5.47. The fourth-order valence-electron chi connectivity index (χ4n) is 1.43. The zero-order valence-electron chi connectivity index (χ0n) is 9.24. The first kappa shape index (κ1) is 11.7. The van der Waals surface area contributed by atoms with Crippen LogP contribution in [-0.4, -0.2) is 13.1 Å². The third-order valence-corrected chi connectivity index (χ3v) is 2.33. The van der Waals surface area contributed by atoms with Crippen LogP contribution in [0.15, 0.2) is 30.3 Å². The Hall–Kier alpha value is -1.33. The molecule has 80 valence electrons. The molecule has 1 aromatic carbocycles. The van der Waals surface area contributed by atoms with Crippen molar-refractivity contribution in [3.05, 3.63) is 35.9 Å². The van der Waals surface area contributed by atoms with E-state index in [9.17, 15) is 0 Å². The molecule has 0 saturated heterocycles. The monoisotopic (exact) mass is 202 g/mol. The van der Waals surface area contributed by atoms with Gasteiger partial charge in [-0.2, -0.15) is 5.26 Å². The molecule has 1 atom stereocenters. The highest BCUT2D eigenvalue weighted by molar-refractivity contribution is 5.14. The van der Waals surface area contributed by atoms with Crippen molar-refractivity contribution in [3.8, 4) is 6.07 Å². The molecule has 1 N–H and O–H groups in total. The van der Waals surface area contributed by atoms with Gasteiger partial charge >= 0.3 is 0 Å². The van der Waals surface area contributed by atoms with Crippen LogP contribution >= 0.6 is 0 Å². The summed E-state index contributed by atoms with van der Waals surface area (Å²) in [5.41, 5.74) is 1.38. The van der Waals surface area contributed by atoms with Gasteiger partial charge in [0.15, 0.2) is 0 Å². The van der Waals surface area contributed by atoms with Crippen LogP contribution in [0.4, 0.5) is 0 Å². The third-order valence-electron chi connectivity index (χ3n) is 2.33. The average molecular weight is 202 g/mol. The maximum atomic E-state index is 8.58. The largest absolute Gasteiger partial charge is 0.315 e. The van der Waals surface area contributed by atoms with Crippen LogP contribution in [-0.2, 0) is 6.42 Å². The van der Waals surface area contributed by atoms with E-state index in [4.69, 9.17) is 5.26 Å². The molecule has 0 fully saturated rings. The number of hydrogen-bond donors (Lipinski definition) is 1. The number of nitrogens with zero attached hydrogens (tertiary/aromatic N) is 1. The zero-order chi connectivity index (χ0) is 10.9. The Morgan fingerprint density at radius 3 is 2.73 bits per heavy atom. The number of hydrogen-bond acceptors (Lipinski definition) is 2. The Morgan fingerprint density at radius 1 is 1.33 bits per heavy atom. The van der Waals surface area contributed by atoms with Gasteiger partial charge in [-0.3, -0.25) is 0 Å². The second kappa shape index (κ2) is 7.03. The molecular weight excluding hydrogens is 184 g/mol. The quantitative estimate of drug-likeness (QED) is 0.719. The summed E-state index contributed by atoms with van der Waals surface area (Å²) >= 11 is 0. The van der Waals surface area contributed by atoms with Crippen molar-refractivity contribution in [2.75, 3.05) is 13.1 Å². The van der Waals surface area contributed by atoms with Gasteiger partial charge in [-0.1, -0.05) is 30.3 Å². The number of rotatable bonds is 6. The summed E-state index contributed by atoms with van der Waals surface area (Å²) in [5.74, 6) is 0.113. The van der Waals surface area contributed by atoms with Crippen molar-refractivity contribution in [2.45, 2.75) is 19.8 Å². The van der Waals surface area contributed by atoms with Crippen molar-refractivity contribution in [1.82, 2.24) is 5.32 Å². The van der Waals surface area contributed by atoms with Crippen LogP contribution in [0.25, 0.3) is 0 Å². The first-order chi connectivity index (χ1) is 7.33. The van der Waals surface area contributed by atoms with E-state index in [1.54, 1.807) is 0 Å². The van der Waals surface area contributed by atoms with Crippen molar-refractivity contribution in [3.63, 3.8) is 0 Å². The van der Waals surface area contributed by atoms with E-state index in [0.717, 1.165) is 25.9 Å². The summed E-state index contributed by atoms with van der Waals surface area (Å²) in [7, 11) is 0. The highest BCUT2D eigenvalue weighted by Gasteiger charge is 1.97. The SMILES string of the molecule is CC(C#N)CNCCCc1ccccc1. The molecule has 0 aliphatic carbocycles. The molecule has 1 unspecified atom stereocenters. The molecule has 0 amide bonds. The minimum Gasteiger partial charge on any atom is -0.315 e. The van der Waals surface area contributed by atoms with E-state index in [1.165, 1.54) is 5.56 Å². The van der Waals surface area contributed by atoms with Gasteiger partial charge in [-0.25, -0.2) is 0 Å². The lowest BCUT2D eigenvalue weighted by atomic mass is 10.1. The summed E-state index contributed by atoms with van der Waals surface area (Å²) in [6.07, 6.45) is 2.23. The number of nitriles is 1. The van der Waals surface area contributed by atoms with E-state index in [1.807, 2.05) is 13.0 Å². The van der Waals surface area contributed by atoms with Crippen molar-refractivity contribution in [1.29, 1.82) is 5.26 Å². The Bertz CT molecular complexity index is 300. The zero-order valence-corrected chi connectivity index (χ0v) is 9.24. The molecule has 0 aromatic heterocycles. The molecule has 0 saturated carbocycles. The van der Waals surface area contributed by atoms with E-state index in [2.05, 4.69) is 35.7 Å². The molecule has 0 radical (unpaired) electrons. The van der Waals surface area contributed by atoms with Crippen LogP contribution in [0.1, 0.15) is 18.9 Å². The second-order valence-corrected chi connectivity index (χ2v) is 3.82. The van der Waals surface area contributed by atoms with Crippen LogP contribution in [0.2, 0.25) is 0 Å². The molecule has 1 rings (SSSR count). The van der Waals surface area contributed by atoms with E-state index in [-0.39, 0.29) is 5.92 Å². The molecule has 0 spiro atoms. The first-order valence-corrected chi connectivity index (χ1v) is 5.47. The minimum atomic E-state index is 0.113. The van der Waals surface area contributed by atoms with E-state index >= 15 is 0 Å². The fourth-order valence-corrected chi connectivity index (χ4v) is 1.43. The molecule has 15 heavy (non-hydrogen) atoms. The summed E-state index contributed by atoms with van der Waals surface area (Å²) < 4.78 is 0. The normalized spacial score (nSPS) is 12.0. The van der Waals surface area contributed by atoms with Gasteiger partial charge < -0.3 is 5.32 Å². The summed E-state index contributed by atoms with van der Waals surface area (Å²) in [5, 5.41) is 11.9. The predicted molar refractivity (Wildman–Crippen MR) is 62.4 cm³/mol. The molecular formula is C13H18N2. The molecule has 0 aliphatic rings. The number of aryl methyl sites for hydroxylation is 1. The van der Waals surface area contributed by atoms with Gasteiger partial charge in [0.2, 0.25) is 0 Å². The maximum Gasteiger partial charge on any atom is 0.0666 e. The second-order valence-electron chi connectivity index (χ2n) is 3.82. The van der Waals surface area contributed by atoms with Crippen molar-refractivity contribution in [2.24, 2.45) is 5.92 Å². The summed E-state index contributed by atoms with van der Waals surface area (Å²) in [6.45, 7) is 3.72. The predicted octanol–water partition coefficient (Wildman–Crippen LogP) is 2.37. The van der Waals surface area contributed by atoms with Crippen LogP contribution in [0.3, 0.4) is 0 Å². The van der Waals surface area contributed by atoms with E-state index in [0.29, 0.717) is 0 Å². The lowest BCUT2D eigenvalue weighted by Crippen LogP contribution is -2.21. The van der Waals surface area contributed by atoms with E-state index < -0.39 is 0 Å². The third kappa shape index (κ3) is 5.19. The molecule has 0 heterocycles. The van der Waals surface area contributed by atoms with Crippen molar-refractivity contribution >= 4 is 0 Å². The lowest BCUT2D eigenvalue weighted by molar-refractivity contribution is 0.585. The summed E-state index contributed by atoms with van der Waals surface area (Å²) in [4.78, 5) is 0. The number of nitrogens with one attached hydrogen (secondary N) is 1. The lowest BCUT2D eigenvalue weighted by Gasteiger charge is -2.05. The van der Waals surface area contributed by atoms with Gasteiger partial charge in [0, 0.05) is 6.54 Å². The van der Waals surface area contributed by atoms with Crippen LogP contribution < -0.4 is 5.32 Å². The van der Waals surface area contributed by atoms with Crippen LogP contribution in [0, 0.1) is 17.2 Å². The van der Waals surface area contributed by atoms with Crippen LogP contribution in [0.5, 0.6) is 0 Å². The van der Waals surface area contributed by atoms with Gasteiger partial charge in [-0.15, -0.1) is 0 Å². The highest BCUT2D eigenvalue weighted by atomic mass is 14.8. The Balaban J connectivity index is 2.06. The molecule has 1 aromatic rings. The Kier molecular flexibility index (Phi) is 5.50. The highest BCUT2D eigenvalue weighted by Crippen LogP contribution is 2.01. The van der Waals surface area contributed by atoms with Gasteiger partial charge in [-0.05, 0) is 31.9 Å². The Labute approximate surface area is 91.9 Å². The average Bonchev–Trinajstić information content (AvgIpc) is 2.29. The summed E-state index contributed by atoms with van der Waals surface area (Å²) in [6, 6.07) is 12.7. The molecule has 2 nitrogen and oxygen atoms in total. The minimum absolute atomic E-state index is 0.113. The topological polar surface area (TPSA) is 35.8 Å². The van der Waals surface area contributed by atoms with Gasteiger partial charge in [0.1, 0.15) is 0 Å².